The predicted molar refractivity (Wildman–Crippen MR) is 335 cm³/mol. The number of benzene rings is 3. The number of amides is 10. The molecule has 89 heavy (non-hydrogen) atoms. The molecule has 5 N–H and O–H groups in total. The third-order valence-corrected chi connectivity index (χ3v) is 16.7. The van der Waals surface area contributed by atoms with E-state index in [1.807, 2.05) is 90.1 Å². The highest BCUT2D eigenvalue weighted by Crippen LogP contribution is 2.44. The Morgan fingerprint density at radius 3 is 1.55 bits per heavy atom. The van der Waals surface area contributed by atoms with Crippen LogP contribution in [0.25, 0.3) is 11.1 Å². The second-order valence-corrected chi connectivity index (χ2v) is 25.1. The van der Waals surface area contributed by atoms with E-state index in [2.05, 4.69) is 21.3 Å². The molecule has 10 amide bonds. The molecule has 486 valence electrons. The lowest BCUT2D eigenvalue weighted by Gasteiger charge is -2.35. The molecule has 0 aromatic heterocycles. The van der Waals surface area contributed by atoms with Gasteiger partial charge in [0.05, 0.1) is 6.54 Å². The van der Waals surface area contributed by atoms with E-state index in [0.717, 1.165) is 27.2 Å². The van der Waals surface area contributed by atoms with E-state index < -0.39 is 126 Å². The summed E-state index contributed by atoms with van der Waals surface area (Å²) in [4.78, 5) is 159. The van der Waals surface area contributed by atoms with Crippen molar-refractivity contribution in [2.24, 2.45) is 17.8 Å². The van der Waals surface area contributed by atoms with Gasteiger partial charge in [-0.05, 0) is 105 Å². The second-order valence-electron chi connectivity index (χ2n) is 25.1. The predicted octanol–water partition coefficient (Wildman–Crippen LogP) is 4.65. The van der Waals surface area contributed by atoms with E-state index in [9.17, 15) is 57.8 Å². The number of rotatable bonds is 29. The Bertz CT molecular complexity index is 2980. The van der Waals surface area contributed by atoms with E-state index in [-0.39, 0.29) is 62.5 Å². The zero-order chi connectivity index (χ0) is 66.3. The Balaban J connectivity index is 1.23. The Hall–Kier alpha value is -8.37. The Kier molecular flexibility index (Phi) is 25.8. The van der Waals surface area contributed by atoms with Crippen LogP contribution in [0.3, 0.4) is 0 Å². The summed E-state index contributed by atoms with van der Waals surface area (Å²) in [6, 6.07) is 14.7. The largest absolute Gasteiger partial charge is 0.480 e. The van der Waals surface area contributed by atoms with Crippen LogP contribution in [-0.2, 0) is 59.1 Å². The zero-order valence-electron chi connectivity index (χ0n) is 54.4. The lowest BCUT2D eigenvalue weighted by Crippen LogP contribution is -2.60. The molecule has 0 spiro atoms. The fourth-order valence-electron chi connectivity index (χ4n) is 11.4. The number of hydrogen-bond acceptors (Lipinski definition) is 12. The SMILES string of the molecule is CC(C)CC(NC(=O)C(Cc1ccccc1)N(C)C(=O)CN(C)C(=O)C(C)NC(=O)C(CC(C)C)N(C)C(=O)C(C)N(C)C(=O)OCC1c2ccccc2-c2ccccc21)C(=O)N(C)C(CC(C)C)C(=O)NC(C)C(=O)NC(C)C(=O)N1CCC[C@H]1C(=O)O. The molecular weight excluding hydrogens is 1140 g/mol. The molecule has 1 heterocycles. The molecule has 1 saturated heterocycles. The minimum Gasteiger partial charge on any atom is -0.480 e. The van der Waals surface area contributed by atoms with Crippen molar-refractivity contribution in [1.29, 1.82) is 0 Å². The molecule has 0 bridgehead atoms. The summed E-state index contributed by atoms with van der Waals surface area (Å²) < 4.78 is 5.82. The number of nitrogens with zero attached hydrogens (tertiary/aromatic N) is 6. The van der Waals surface area contributed by atoms with Gasteiger partial charge in [-0.3, -0.25) is 48.1 Å². The maximum absolute atomic E-state index is 14.7. The van der Waals surface area contributed by atoms with Crippen LogP contribution in [0.2, 0.25) is 0 Å². The maximum Gasteiger partial charge on any atom is 0.410 e. The van der Waals surface area contributed by atoms with Gasteiger partial charge in [0.1, 0.15) is 61.0 Å². The fourth-order valence-corrected chi connectivity index (χ4v) is 11.4. The summed E-state index contributed by atoms with van der Waals surface area (Å²) in [7, 11) is 7.15. The first kappa shape index (κ1) is 71.4. The van der Waals surface area contributed by atoms with E-state index >= 15 is 0 Å². The molecule has 5 rings (SSSR count). The first-order chi connectivity index (χ1) is 41.9. The van der Waals surface area contributed by atoms with E-state index in [1.54, 1.807) is 37.3 Å². The van der Waals surface area contributed by atoms with Crippen LogP contribution in [0, 0.1) is 17.8 Å². The summed E-state index contributed by atoms with van der Waals surface area (Å²) in [6.07, 6.45) is 0.575. The number of carbonyl (C=O) groups is 11. The summed E-state index contributed by atoms with van der Waals surface area (Å²) >= 11 is 0. The highest BCUT2D eigenvalue weighted by molar-refractivity contribution is 5.98. The Labute approximate surface area is 523 Å². The number of aliphatic carboxylic acids is 1. The summed E-state index contributed by atoms with van der Waals surface area (Å²) in [5.41, 5.74) is 4.89. The number of carbonyl (C=O) groups excluding carboxylic acids is 10. The van der Waals surface area contributed by atoms with Crippen molar-refractivity contribution >= 4 is 65.2 Å². The molecule has 9 atom stereocenters. The van der Waals surface area contributed by atoms with Gasteiger partial charge in [-0.25, -0.2) is 9.59 Å². The Morgan fingerprint density at radius 2 is 1.02 bits per heavy atom. The highest BCUT2D eigenvalue weighted by Gasteiger charge is 2.41. The smallest absolute Gasteiger partial charge is 0.410 e. The fraction of sp³-hybridized carbons (Fsp3) is 0.561. The van der Waals surface area contributed by atoms with Crippen molar-refractivity contribution in [3.8, 4) is 11.1 Å². The molecule has 23 nitrogen and oxygen atoms in total. The van der Waals surface area contributed by atoms with Gasteiger partial charge in [-0.2, -0.15) is 0 Å². The number of fused-ring (bicyclic) bond motifs is 3. The number of nitrogens with one attached hydrogen (secondary N) is 4. The number of ether oxygens (including phenoxy) is 1. The third-order valence-electron chi connectivity index (χ3n) is 16.7. The van der Waals surface area contributed by atoms with Crippen molar-refractivity contribution in [3.05, 3.63) is 95.6 Å². The molecular formula is C66H94N10O13. The van der Waals surface area contributed by atoms with Crippen LogP contribution in [0.4, 0.5) is 4.79 Å². The highest BCUT2D eigenvalue weighted by atomic mass is 16.6. The number of likely N-dealkylation sites (N-methyl/N-ethyl adjacent to an activating group) is 5. The molecule has 0 saturated carbocycles. The monoisotopic (exact) mass is 1230 g/mol. The molecule has 3 aromatic rings. The topological polar surface area (TPSA) is 285 Å². The van der Waals surface area contributed by atoms with Gasteiger partial charge in [0.2, 0.25) is 53.2 Å². The van der Waals surface area contributed by atoms with Gasteiger partial charge in [-0.15, -0.1) is 0 Å². The van der Waals surface area contributed by atoms with E-state index in [0.29, 0.717) is 18.4 Å². The van der Waals surface area contributed by atoms with Crippen molar-refractivity contribution in [2.75, 3.05) is 54.9 Å². The zero-order valence-corrected chi connectivity index (χ0v) is 54.4. The van der Waals surface area contributed by atoms with Gasteiger partial charge in [0.25, 0.3) is 0 Å². The lowest BCUT2D eigenvalue weighted by molar-refractivity contribution is -0.149. The number of carboxylic acids is 1. The molecule has 1 aliphatic heterocycles. The van der Waals surface area contributed by atoms with Crippen LogP contribution in [0.1, 0.15) is 124 Å². The van der Waals surface area contributed by atoms with Crippen LogP contribution in [0.5, 0.6) is 0 Å². The standard InChI is InChI=1S/C66H94N10O13/c1-38(2)32-51(64(85)75(15)54(34-40(5)6)58(79)67-41(7)57(78)68-43(9)62(83)76-31-23-30-52(76)65(86)87)70-60(81)55(35-45-24-17-16-18-25-45)73(13)56(77)36-71(11)61(82)42(8)69-59(80)53(33-39(3)4)74(14)63(84)44(10)72(12)66(88)89-37-50-48-28-21-19-26-46(48)47-27-20-22-29-49(47)50/h16-22,24-29,38-44,50-55H,23,30-37H2,1-15H3,(H,67,79)(H,68,78)(H,69,80)(H,70,81)(H,86,87)/t41?,42?,43?,44?,51?,52-,53?,54?,55?/m0/s1. The summed E-state index contributed by atoms with van der Waals surface area (Å²) in [6.45, 7) is 16.8. The first-order valence-electron chi connectivity index (χ1n) is 30.8. The van der Waals surface area contributed by atoms with Gasteiger partial charge in [0, 0.05) is 54.1 Å². The molecule has 1 aliphatic carbocycles. The average molecular weight is 1240 g/mol. The quantitative estimate of drug-likeness (QED) is 0.0634. The van der Waals surface area contributed by atoms with E-state index in [1.165, 1.54) is 80.5 Å². The number of likely N-dealkylation sites (tertiary alicyclic amines) is 1. The van der Waals surface area contributed by atoms with Gasteiger partial charge in [0.15, 0.2) is 0 Å². The van der Waals surface area contributed by atoms with E-state index in [4.69, 9.17) is 4.74 Å². The van der Waals surface area contributed by atoms with Crippen molar-refractivity contribution in [2.45, 2.75) is 168 Å². The molecule has 0 radical (unpaired) electrons. The average Bonchev–Trinajstić information content (AvgIpc) is 1.74. The lowest BCUT2D eigenvalue weighted by atomic mass is 9.97. The van der Waals surface area contributed by atoms with Crippen molar-refractivity contribution in [3.63, 3.8) is 0 Å². The summed E-state index contributed by atoms with van der Waals surface area (Å²) in [5.74, 6) is -7.43. The van der Waals surface area contributed by atoms with Crippen LogP contribution in [0.15, 0.2) is 78.9 Å². The van der Waals surface area contributed by atoms with Crippen LogP contribution >= 0.6 is 0 Å². The second kappa shape index (κ2) is 32.2. The van der Waals surface area contributed by atoms with Gasteiger partial charge >= 0.3 is 12.1 Å². The normalized spacial score (nSPS) is 16.2. The minimum atomic E-state index is -1.22. The molecule has 1 fully saturated rings. The van der Waals surface area contributed by atoms with Crippen LogP contribution < -0.4 is 21.3 Å². The van der Waals surface area contributed by atoms with Crippen molar-refractivity contribution < 1.29 is 62.6 Å². The number of hydrogen-bond donors (Lipinski definition) is 5. The Morgan fingerprint density at radius 1 is 0.539 bits per heavy atom. The molecule has 3 aromatic carbocycles. The molecule has 8 unspecified atom stereocenters. The molecule has 23 heteroatoms. The minimum absolute atomic E-state index is 0.00174. The first-order valence-corrected chi connectivity index (χ1v) is 30.8. The van der Waals surface area contributed by atoms with Gasteiger partial charge < -0.3 is 55.6 Å². The number of carboxylic acid groups (broad SMARTS) is 1. The van der Waals surface area contributed by atoms with Crippen LogP contribution in [-0.4, -0.2) is 209 Å². The molecule has 2 aliphatic rings. The van der Waals surface area contributed by atoms with Gasteiger partial charge in [-0.1, -0.05) is 120 Å². The van der Waals surface area contributed by atoms with Crippen molar-refractivity contribution in [1.82, 2.24) is 50.7 Å². The maximum atomic E-state index is 14.7. The summed E-state index contributed by atoms with van der Waals surface area (Å²) in [5, 5.41) is 20.4. The third kappa shape index (κ3) is 18.6.